The third kappa shape index (κ3) is 6.06. The van der Waals surface area contributed by atoms with Crippen molar-refractivity contribution in [2.24, 2.45) is 5.92 Å². The fraction of sp³-hybridized carbons (Fsp3) is 0.562. The average Bonchev–Trinajstić information content (AvgIpc) is 2.33. The number of benzene rings is 1. The molecule has 0 saturated heterocycles. The Morgan fingerprint density at radius 2 is 2.00 bits per heavy atom. The summed E-state index contributed by atoms with van der Waals surface area (Å²) in [5.41, 5.74) is 1.03. The maximum atomic E-state index is 11.2. The quantitative estimate of drug-likeness (QED) is 0.768. The minimum Gasteiger partial charge on any atom is -0.491 e. The first-order valence-electron chi connectivity index (χ1n) is 7.10. The van der Waals surface area contributed by atoms with Gasteiger partial charge in [-0.2, -0.15) is 0 Å². The molecule has 0 saturated carbocycles. The summed E-state index contributed by atoms with van der Waals surface area (Å²) in [6.07, 6.45) is 0.753. The van der Waals surface area contributed by atoms with Gasteiger partial charge in [0, 0.05) is 6.54 Å². The van der Waals surface area contributed by atoms with E-state index in [0.717, 1.165) is 11.3 Å². The van der Waals surface area contributed by atoms with Crippen LogP contribution in [0, 0.1) is 5.92 Å². The average molecular weight is 279 g/mol. The number of carbonyl (C=O) groups is 1. The maximum Gasteiger partial charge on any atom is 0.320 e. The van der Waals surface area contributed by atoms with Gasteiger partial charge in [0.1, 0.15) is 11.8 Å². The van der Waals surface area contributed by atoms with E-state index in [9.17, 15) is 9.90 Å². The van der Waals surface area contributed by atoms with Crippen molar-refractivity contribution < 1.29 is 14.6 Å². The van der Waals surface area contributed by atoms with Crippen molar-refractivity contribution in [1.82, 2.24) is 5.32 Å². The van der Waals surface area contributed by atoms with Gasteiger partial charge in [0.05, 0.1) is 6.10 Å². The van der Waals surface area contributed by atoms with Crippen LogP contribution in [0.4, 0.5) is 0 Å². The summed E-state index contributed by atoms with van der Waals surface area (Å²) in [4.78, 5) is 11.2. The Bertz CT molecular complexity index is 429. The van der Waals surface area contributed by atoms with Crippen molar-refractivity contribution in [2.45, 2.75) is 52.8 Å². The van der Waals surface area contributed by atoms with E-state index in [1.807, 2.05) is 52.0 Å². The molecule has 0 amide bonds. The predicted molar refractivity (Wildman–Crippen MR) is 79.9 cm³/mol. The molecule has 1 aromatic carbocycles. The van der Waals surface area contributed by atoms with Gasteiger partial charge in [-0.3, -0.25) is 4.79 Å². The highest BCUT2D eigenvalue weighted by Gasteiger charge is 2.17. The van der Waals surface area contributed by atoms with Gasteiger partial charge in [0.15, 0.2) is 0 Å². The molecule has 0 aliphatic carbocycles. The predicted octanol–water partition coefficient (Wildman–Crippen LogP) is 3.06. The molecular formula is C16H25NO3. The van der Waals surface area contributed by atoms with Crippen LogP contribution in [0.2, 0.25) is 0 Å². The molecule has 112 valence electrons. The molecule has 1 atom stereocenters. The van der Waals surface area contributed by atoms with Crippen molar-refractivity contribution in [2.75, 3.05) is 0 Å². The normalized spacial score (nSPS) is 12.7. The van der Waals surface area contributed by atoms with Gasteiger partial charge in [-0.25, -0.2) is 0 Å². The van der Waals surface area contributed by atoms with E-state index >= 15 is 0 Å². The van der Waals surface area contributed by atoms with E-state index in [2.05, 4.69) is 5.32 Å². The minimum absolute atomic E-state index is 0.130. The third-order valence-electron chi connectivity index (χ3n) is 2.83. The molecule has 20 heavy (non-hydrogen) atoms. The van der Waals surface area contributed by atoms with Crippen LogP contribution in [0.15, 0.2) is 24.3 Å². The highest BCUT2D eigenvalue weighted by atomic mass is 16.5. The third-order valence-corrected chi connectivity index (χ3v) is 2.83. The first-order chi connectivity index (χ1) is 9.38. The Labute approximate surface area is 121 Å². The molecule has 0 heterocycles. The smallest absolute Gasteiger partial charge is 0.320 e. The molecule has 0 aliphatic rings. The zero-order valence-corrected chi connectivity index (χ0v) is 12.7. The number of rotatable bonds is 8. The molecule has 0 spiro atoms. The summed E-state index contributed by atoms with van der Waals surface area (Å²) < 4.78 is 5.63. The van der Waals surface area contributed by atoms with E-state index in [4.69, 9.17) is 4.74 Å². The van der Waals surface area contributed by atoms with Crippen LogP contribution in [0.1, 0.15) is 39.7 Å². The number of hydrogen-bond acceptors (Lipinski definition) is 3. The second kappa shape index (κ2) is 7.90. The Morgan fingerprint density at radius 3 is 2.55 bits per heavy atom. The van der Waals surface area contributed by atoms with Crippen LogP contribution < -0.4 is 10.1 Å². The van der Waals surface area contributed by atoms with Gasteiger partial charge >= 0.3 is 5.97 Å². The summed E-state index contributed by atoms with van der Waals surface area (Å²) in [5.74, 6) is 0.363. The second-order valence-corrected chi connectivity index (χ2v) is 5.72. The van der Waals surface area contributed by atoms with Gasteiger partial charge in [0.25, 0.3) is 0 Å². The van der Waals surface area contributed by atoms with Gasteiger partial charge in [-0.15, -0.1) is 0 Å². The first-order valence-corrected chi connectivity index (χ1v) is 7.10. The first kappa shape index (κ1) is 16.5. The van der Waals surface area contributed by atoms with Crippen LogP contribution in [0.3, 0.4) is 0 Å². The largest absolute Gasteiger partial charge is 0.491 e. The van der Waals surface area contributed by atoms with Crippen LogP contribution in [0.25, 0.3) is 0 Å². The van der Waals surface area contributed by atoms with Crippen molar-refractivity contribution in [3.63, 3.8) is 0 Å². The number of ether oxygens (including phenoxy) is 1. The number of hydrogen-bond donors (Lipinski definition) is 2. The van der Waals surface area contributed by atoms with E-state index in [1.54, 1.807) is 0 Å². The summed E-state index contributed by atoms with van der Waals surface area (Å²) >= 11 is 0. The topological polar surface area (TPSA) is 58.6 Å². The Balaban J connectivity index is 2.61. The SMILES string of the molecule is CC(C)C[C@H](NCc1cccc(OC(C)C)c1)C(=O)O. The molecule has 4 heteroatoms. The zero-order chi connectivity index (χ0) is 15.1. The lowest BCUT2D eigenvalue weighted by molar-refractivity contribution is -0.140. The van der Waals surface area contributed by atoms with E-state index < -0.39 is 12.0 Å². The van der Waals surface area contributed by atoms with Crippen molar-refractivity contribution in [3.8, 4) is 5.75 Å². The van der Waals surface area contributed by atoms with Gasteiger partial charge in [-0.05, 0) is 43.9 Å². The van der Waals surface area contributed by atoms with E-state index in [-0.39, 0.29) is 6.10 Å². The minimum atomic E-state index is -0.798. The zero-order valence-electron chi connectivity index (χ0n) is 12.7. The molecule has 1 rings (SSSR count). The van der Waals surface area contributed by atoms with Crippen molar-refractivity contribution >= 4 is 5.97 Å². The fourth-order valence-electron chi connectivity index (χ4n) is 1.98. The molecule has 0 radical (unpaired) electrons. The number of nitrogens with one attached hydrogen (secondary N) is 1. The highest BCUT2D eigenvalue weighted by Crippen LogP contribution is 2.15. The van der Waals surface area contributed by atoms with Gasteiger partial charge < -0.3 is 15.2 Å². The Kier molecular flexibility index (Phi) is 6.52. The fourth-order valence-corrected chi connectivity index (χ4v) is 1.98. The summed E-state index contributed by atoms with van der Waals surface area (Å²) in [5, 5.41) is 12.3. The lowest BCUT2D eigenvalue weighted by Gasteiger charge is -2.17. The van der Waals surface area contributed by atoms with Crippen LogP contribution in [0.5, 0.6) is 5.75 Å². The molecule has 1 aromatic rings. The molecule has 2 N–H and O–H groups in total. The highest BCUT2D eigenvalue weighted by molar-refractivity contribution is 5.73. The summed E-state index contributed by atoms with van der Waals surface area (Å²) in [6.45, 7) is 8.53. The number of carboxylic acids is 1. The Hall–Kier alpha value is -1.55. The number of aliphatic carboxylic acids is 1. The molecule has 0 aliphatic heterocycles. The lowest BCUT2D eigenvalue weighted by atomic mass is 10.0. The van der Waals surface area contributed by atoms with E-state index in [0.29, 0.717) is 18.9 Å². The maximum absolute atomic E-state index is 11.2. The van der Waals surface area contributed by atoms with Crippen molar-refractivity contribution in [3.05, 3.63) is 29.8 Å². The van der Waals surface area contributed by atoms with E-state index in [1.165, 1.54) is 0 Å². The van der Waals surface area contributed by atoms with Crippen LogP contribution >= 0.6 is 0 Å². The molecular weight excluding hydrogens is 254 g/mol. The number of carboxylic acid groups (broad SMARTS) is 1. The molecule has 0 fully saturated rings. The Morgan fingerprint density at radius 1 is 1.30 bits per heavy atom. The van der Waals surface area contributed by atoms with Crippen molar-refractivity contribution in [1.29, 1.82) is 0 Å². The molecule has 4 nitrogen and oxygen atoms in total. The molecule has 0 aromatic heterocycles. The molecule has 0 bridgehead atoms. The van der Waals surface area contributed by atoms with Crippen LogP contribution in [-0.2, 0) is 11.3 Å². The standard InChI is InChI=1S/C16H25NO3/c1-11(2)8-15(16(18)19)17-10-13-6-5-7-14(9-13)20-12(3)4/h5-7,9,11-12,15,17H,8,10H2,1-4H3,(H,18,19)/t15-/m0/s1. The summed E-state index contributed by atoms with van der Waals surface area (Å²) in [7, 11) is 0. The monoisotopic (exact) mass is 279 g/mol. The second-order valence-electron chi connectivity index (χ2n) is 5.72. The summed E-state index contributed by atoms with van der Waals surface area (Å²) in [6, 6.07) is 7.24. The van der Waals surface area contributed by atoms with Gasteiger partial charge in [0.2, 0.25) is 0 Å². The van der Waals surface area contributed by atoms with Crippen LogP contribution in [-0.4, -0.2) is 23.2 Å². The lowest BCUT2D eigenvalue weighted by Crippen LogP contribution is -2.37. The van der Waals surface area contributed by atoms with Gasteiger partial charge in [-0.1, -0.05) is 26.0 Å². The molecule has 0 unspecified atom stereocenters.